The number of benzene rings is 1. The van der Waals surface area contributed by atoms with Gasteiger partial charge in [0, 0.05) is 38.7 Å². The van der Waals surface area contributed by atoms with E-state index >= 15 is 0 Å². The molecule has 2 aromatic rings. The molecule has 0 spiro atoms. The average Bonchev–Trinajstić information content (AvgIpc) is 3.12. The van der Waals surface area contributed by atoms with Crippen LogP contribution in [-0.4, -0.2) is 38.5 Å². The third-order valence-corrected chi connectivity index (χ3v) is 4.09. The van der Waals surface area contributed by atoms with Crippen molar-refractivity contribution in [1.29, 1.82) is 0 Å². The smallest absolute Gasteiger partial charge is 0.251 e. The molecule has 1 aromatic carbocycles. The minimum absolute atomic E-state index is 0.207. The van der Waals surface area contributed by atoms with E-state index in [-0.39, 0.29) is 5.91 Å². The zero-order chi connectivity index (χ0) is 18.1. The second kappa shape index (κ2) is 9.96. The van der Waals surface area contributed by atoms with E-state index in [0.717, 1.165) is 12.2 Å². The monoisotopic (exact) mass is 382 g/mol. The number of furan rings is 1. The number of halogens is 2. The van der Waals surface area contributed by atoms with Gasteiger partial charge in [0.1, 0.15) is 5.76 Å². The van der Waals surface area contributed by atoms with E-state index in [1.165, 1.54) is 0 Å². The Kier molecular flexibility index (Phi) is 7.63. The second-order valence-electron chi connectivity index (χ2n) is 5.14. The molecule has 6 nitrogen and oxygen atoms in total. The summed E-state index contributed by atoms with van der Waals surface area (Å²) in [5.74, 6) is 1.37. The molecular weight excluding hydrogens is 363 g/mol. The summed E-state index contributed by atoms with van der Waals surface area (Å²) >= 11 is 11.7. The maximum Gasteiger partial charge on any atom is 0.251 e. The van der Waals surface area contributed by atoms with Gasteiger partial charge in [-0.2, -0.15) is 0 Å². The van der Waals surface area contributed by atoms with E-state index in [1.54, 1.807) is 31.5 Å². The lowest BCUT2D eigenvalue weighted by Crippen LogP contribution is -2.42. The summed E-state index contributed by atoms with van der Waals surface area (Å²) in [6, 6.07) is 8.56. The highest BCUT2D eigenvalue weighted by molar-refractivity contribution is 6.42. The maximum atomic E-state index is 12.0. The molecule has 0 fully saturated rings. The van der Waals surface area contributed by atoms with Crippen LogP contribution in [-0.2, 0) is 6.42 Å². The van der Waals surface area contributed by atoms with Crippen molar-refractivity contribution in [2.24, 2.45) is 4.99 Å². The maximum absolute atomic E-state index is 12.0. The van der Waals surface area contributed by atoms with E-state index in [0.29, 0.717) is 41.2 Å². The third kappa shape index (κ3) is 6.32. The fourth-order valence-corrected chi connectivity index (χ4v) is 2.37. The highest BCUT2D eigenvalue weighted by atomic mass is 35.5. The Labute approximate surface area is 156 Å². The average molecular weight is 383 g/mol. The Morgan fingerprint density at radius 3 is 2.52 bits per heavy atom. The highest BCUT2D eigenvalue weighted by Crippen LogP contribution is 2.22. The Morgan fingerprint density at radius 1 is 1.08 bits per heavy atom. The van der Waals surface area contributed by atoms with E-state index in [4.69, 9.17) is 27.6 Å². The summed E-state index contributed by atoms with van der Waals surface area (Å²) in [6.45, 7) is 1.67. The number of carbonyl (C=O) groups is 1. The van der Waals surface area contributed by atoms with E-state index in [2.05, 4.69) is 20.9 Å². The Bertz CT molecular complexity index is 717. The molecule has 1 heterocycles. The number of amides is 1. The lowest BCUT2D eigenvalue weighted by molar-refractivity contribution is 0.0954. The normalized spacial score (nSPS) is 11.2. The number of nitrogens with zero attached hydrogens (tertiary/aromatic N) is 1. The standard InChI is InChI=1S/C17H20Cl2N4O2/c1-20-17(22-7-6-13-3-2-10-25-13)23-9-8-21-16(24)12-4-5-14(18)15(19)11-12/h2-5,10-11H,6-9H2,1H3,(H,21,24)(H2,20,22,23). The Morgan fingerprint density at radius 2 is 1.84 bits per heavy atom. The highest BCUT2D eigenvalue weighted by Gasteiger charge is 2.07. The van der Waals surface area contributed by atoms with Gasteiger partial charge in [-0.05, 0) is 30.3 Å². The SMILES string of the molecule is CN=C(NCCNC(=O)c1ccc(Cl)c(Cl)c1)NCCc1ccco1. The summed E-state index contributed by atoms with van der Waals surface area (Å²) in [7, 11) is 1.69. The van der Waals surface area contributed by atoms with Crippen LogP contribution in [0.2, 0.25) is 10.0 Å². The zero-order valence-electron chi connectivity index (χ0n) is 13.8. The lowest BCUT2D eigenvalue weighted by Gasteiger charge is -2.12. The fraction of sp³-hybridized carbons (Fsp3) is 0.294. The number of aliphatic imine (C=N–C) groups is 1. The van der Waals surface area contributed by atoms with Gasteiger partial charge in [-0.15, -0.1) is 0 Å². The minimum Gasteiger partial charge on any atom is -0.469 e. The first-order valence-corrected chi connectivity index (χ1v) is 8.56. The molecule has 0 saturated heterocycles. The van der Waals surface area contributed by atoms with Crippen LogP contribution >= 0.6 is 23.2 Å². The Balaban J connectivity index is 1.66. The molecule has 0 aliphatic rings. The molecule has 1 aromatic heterocycles. The van der Waals surface area contributed by atoms with Crippen molar-refractivity contribution in [3.63, 3.8) is 0 Å². The molecule has 25 heavy (non-hydrogen) atoms. The van der Waals surface area contributed by atoms with Crippen LogP contribution in [0.3, 0.4) is 0 Å². The summed E-state index contributed by atoms with van der Waals surface area (Å²) in [5.41, 5.74) is 0.468. The molecule has 0 aliphatic heterocycles. The van der Waals surface area contributed by atoms with Gasteiger partial charge in [0.2, 0.25) is 0 Å². The summed E-state index contributed by atoms with van der Waals surface area (Å²) < 4.78 is 5.27. The third-order valence-electron chi connectivity index (χ3n) is 3.35. The van der Waals surface area contributed by atoms with Crippen molar-refractivity contribution in [2.45, 2.75) is 6.42 Å². The summed E-state index contributed by atoms with van der Waals surface area (Å²) in [6.07, 6.45) is 2.42. The van der Waals surface area contributed by atoms with E-state index in [1.807, 2.05) is 12.1 Å². The molecule has 1 amide bonds. The van der Waals surface area contributed by atoms with Crippen LogP contribution < -0.4 is 16.0 Å². The van der Waals surface area contributed by atoms with Gasteiger partial charge in [-0.3, -0.25) is 9.79 Å². The van der Waals surface area contributed by atoms with Gasteiger partial charge in [0.25, 0.3) is 5.91 Å². The van der Waals surface area contributed by atoms with Crippen LogP contribution in [0.1, 0.15) is 16.1 Å². The van der Waals surface area contributed by atoms with Gasteiger partial charge < -0.3 is 20.4 Å². The van der Waals surface area contributed by atoms with Crippen LogP contribution in [0, 0.1) is 0 Å². The number of rotatable bonds is 7. The van der Waals surface area contributed by atoms with Crippen LogP contribution in [0.15, 0.2) is 46.0 Å². The molecule has 8 heteroatoms. The summed E-state index contributed by atoms with van der Waals surface area (Å²) in [5, 5.41) is 9.88. The van der Waals surface area contributed by atoms with Crippen LogP contribution in [0.4, 0.5) is 0 Å². The van der Waals surface area contributed by atoms with Crippen molar-refractivity contribution in [2.75, 3.05) is 26.7 Å². The first kappa shape index (κ1) is 19.1. The Hall–Kier alpha value is -2.18. The van der Waals surface area contributed by atoms with Crippen LogP contribution in [0.5, 0.6) is 0 Å². The van der Waals surface area contributed by atoms with Gasteiger partial charge in [-0.1, -0.05) is 23.2 Å². The van der Waals surface area contributed by atoms with Crippen molar-refractivity contribution >= 4 is 35.1 Å². The molecule has 0 atom stereocenters. The number of hydrogen-bond acceptors (Lipinski definition) is 3. The second-order valence-corrected chi connectivity index (χ2v) is 5.95. The van der Waals surface area contributed by atoms with Crippen molar-refractivity contribution in [3.05, 3.63) is 58.0 Å². The molecule has 2 rings (SSSR count). The molecule has 0 aliphatic carbocycles. The molecule has 0 saturated carbocycles. The molecule has 0 bridgehead atoms. The van der Waals surface area contributed by atoms with Crippen molar-refractivity contribution in [3.8, 4) is 0 Å². The predicted molar refractivity (Wildman–Crippen MR) is 101 cm³/mol. The van der Waals surface area contributed by atoms with Gasteiger partial charge in [0.15, 0.2) is 5.96 Å². The number of carbonyl (C=O) groups excluding carboxylic acids is 1. The lowest BCUT2D eigenvalue weighted by atomic mass is 10.2. The first-order valence-electron chi connectivity index (χ1n) is 7.80. The van der Waals surface area contributed by atoms with E-state index < -0.39 is 0 Å². The molecule has 134 valence electrons. The number of guanidine groups is 1. The largest absolute Gasteiger partial charge is 0.469 e. The first-order chi connectivity index (χ1) is 12.1. The van der Waals surface area contributed by atoms with Crippen LogP contribution in [0.25, 0.3) is 0 Å². The van der Waals surface area contributed by atoms with E-state index in [9.17, 15) is 4.79 Å². The molecule has 0 radical (unpaired) electrons. The topological polar surface area (TPSA) is 78.7 Å². The van der Waals surface area contributed by atoms with Gasteiger partial charge >= 0.3 is 0 Å². The van der Waals surface area contributed by atoms with Gasteiger partial charge in [-0.25, -0.2) is 0 Å². The van der Waals surface area contributed by atoms with Gasteiger partial charge in [0.05, 0.1) is 16.3 Å². The molecule has 3 N–H and O–H groups in total. The van der Waals surface area contributed by atoms with Crippen molar-refractivity contribution < 1.29 is 9.21 Å². The number of nitrogens with one attached hydrogen (secondary N) is 3. The van der Waals surface area contributed by atoms with Crippen molar-refractivity contribution in [1.82, 2.24) is 16.0 Å². The number of hydrogen-bond donors (Lipinski definition) is 3. The molecular formula is C17H20Cl2N4O2. The zero-order valence-corrected chi connectivity index (χ0v) is 15.3. The predicted octanol–water partition coefficient (Wildman–Crippen LogP) is 2.72. The quantitative estimate of drug-likeness (QED) is 0.390. The molecule has 0 unspecified atom stereocenters. The summed E-state index contributed by atoms with van der Waals surface area (Å²) in [4.78, 5) is 16.2. The minimum atomic E-state index is -0.207. The fourth-order valence-electron chi connectivity index (χ4n) is 2.08.